The lowest BCUT2D eigenvalue weighted by Crippen LogP contribution is -2.34. The van der Waals surface area contributed by atoms with Gasteiger partial charge in [0.15, 0.2) is 0 Å². The van der Waals surface area contributed by atoms with Gasteiger partial charge in [0.2, 0.25) is 5.91 Å². The second-order valence-corrected chi connectivity index (χ2v) is 11.7. The quantitative estimate of drug-likeness (QED) is 0.217. The number of rotatable bonds is 8. The minimum absolute atomic E-state index is 0.00442. The second kappa shape index (κ2) is 10.3. The van der Waals surface area contributed by atoms with Crippen molar-refractivity contribution in [2.24, 2.45) is 5.41 Å². The molecule has 0 radical (unpaired) electrons. The highest BCUT2D eigenvalue weighted by Crippen LogP contribution is 2.65. The second-order valence-electron chi connectivity index (χ2n) is 11.7. The van der Waals surface area contributed by atoms with Crippen LogP contribution < -0.4 is 5.32 Å². The Morgan fingerprint density at radius 2 is 1.95 bits per heavy atom. The van der Waals surface area contributed by atoms with Crippen LogP contribution in [0.1, 0.15) is 66.4 Å². The average molecular weight is 590 g/mol. The number of nitrogens with zero attached hydrogens (tertiary/aromatic N) is 5. The zero-order valence-corrected chi connectivity index (χ0v) is 23.1. The van der Waals surface area contributed by atoms with E-state index in [-0.39, 0.29) is 30.0 Å². The number of H-pyrrole nitrogens is 1. The summed E-state index contributed by atoms with van der Waals surface area (Å²) in [5.74, 6) is -1.91. The number of amides is 1. The molecule has 3 atom stereocenters. The van der Waals surface area contributed by atoms with Crippen molar-refractivity contribution in [3.8, 4) is 11.1 Å². The van der Waals surface area contributed by atoms with E-state index in [9.17, 15) is 22.4 Å². The summed E-state index contributed by atoms with van der Waals surface area (Å²) >= 11 is 0. The summed E-state index contributed by atoms with van der Waals surface area (Å²) in [6, 6.07) is 6.09. The van der Waals surface area contributed by atoms with Gasteiger partial charge in [-0.2, -0.15) is 5.10 Å². The first-order valence-corrected chi connectivity index (χ1v) is 14.0. The standard InChI is InChI=1S/C31H27F4N7O/c1-31-4-2-21-27(29(34)35)41-42(28(21)23(31)11-31)14-25(43)40-24(8-16-6-19(32)10-20(33)7-16)26-22(13-36-15-39-26)18-9-17-3-5-37-30(17)38-12-18/h3,5-7,9-10,12-13,15,23-24,29H,2,4,8,11,14H2,1H3,(H,37,38)(H,40,43). The van der Waals surface area contributed by atoms with Crippen LogP contribution in [-0.2, 0) is 24.2 Å². The van der Waals surface area contributed by atoms with Gasteiger partial charge >= 0.3 is 0 Å². The Labute approximate surface area is 243 Å². The highest BCUT2D eigenvalue weighted by molar-refractivity contribution is 5.82. The summed E-state index contributed by atoms with van der Waals surface area (Å²) in [6.07, 6.45) is 5.79. The molecule has 43 heavy (non-hydrogen) atoms. The maximum absolute atomic E-state index is 14.2. The number of halogens is 4. The number of carbonyl (C=O) groups excluding carboxylic acids is 1. The van der Waals surface area contributed by atoms with E-state index in [0.717, 1.165) is 24.3 Å². The number of benzene rings is 1. The topological polar surface area (TPSA) is 101 Å². The van der Waals surface area contributed by atoms with Gasteiger partial charge in [0.05, 0.1) is 11.7 Å². The minimum atomic E-state index is -2.74. The summed E-state index contributed by atoms with van der Waals surface area (Å²) in [5.41, 5.74) is 3.68. The number of aromatic amines is 1. The molecule has 0 saturated heterocycles. The first-order valence-electron chi connectivity index (χ1n) is 14.0. The summed E-state index contributed by atoms with van der Waals surface area (Å²) in [5, 5.41) is 7.98. The van der Waals surface area contributed by atoms with E-state index in [1.807, 2.05) is 12.1 Å². The Morgan fingerprint density at radius 1 is 1.14 bits per heavy atom. The summed E-state index contributed by atoms with van der Waals surface area (Å²) < 4.78 is 57.5. The molecular formula is C31H27F4N7O. The maximum Gasteiger partial charge on any atom is 0.282 e. The van der Waals surface area contributed by atoms with E-state index in [1.165, 1.54) is 23.1 Å². The zero-order chi connectivity index (χ0) is 29.9. The molecule has 5 aromatic rings. The fourth-order valence-corrected chi connectivity index (χ4v) is 6.48. The molecule has 1 saturated carbocycles. The monoisotopic (exact) mass is 589 g/mol. The Morgan fingerprint density at radius 3 is 2.74 bits per heavy atom. The number of fused-ring (bicyclic) bond motifs is 4. The third kappa shape index (κ3) is 5.04. The lowest BCUT2D eigenvalue weighted by atomic mass is 9.87. The molecule has 4 aromatic heterocycles. The van der Waals surface area contributed by atoms with Gasteiger partial charge in [0.25, 0.3) is 6.43 Å². The van der Waals surface area contributed by atoms with E-state index in [4.69, 9.17) is 0 Å². The predicted octanol–water partition coefficient (Wildman–Crippen LogP) is 5.97. The molecule has 2 N–H and O–H groups in total. The fourth-order valence-electron chi connectivity index (χ4n) is 6.48. The van der Waals surface area contributed by atoms with Crippen LogP contribution in [0.15, 0.2) is 55.2 Å². The number of hydrogen-bond acceptors (Lipinski definition) is 5. The van der Waals surface area contributed by atoms with Crippen LogP contribution >= 0.6 is 0 Å². The number of carbonyl (C=O) groups is 1. The van der Waals surface area contributed by atoms with Crippen LogP contribution in [0.3, 0.4) is 0 Å². The third-order valence-electron chi connectivity index (χ3n) is 8.73. The molecule has 0 bridgehead atoms. The first kappa shape index (κ1) is 27.2. The van der Waals surface area contributed by atoms with E-state index >= 15 is 0 Å². The SMILES string of the molecule is CC12CCc3c(C(F)F)nn(CC(=O)NC(Cc4cc(F)cc(F)c4)c4ncncc4-c4cnc5[nH]ccc5c4)c3C1C2. The van der Waals surface area contributed by atoms with Crippen LogP contribution in [0, 0.1) is 17.0 Å². The summed E-state index contributed by atoms with van der Waals surface area (Å²) in [6.45, 7) is 1.84. The van der Waals surface area contributed by atoms with E-state index in [2.05, 4.69) is 37.3 Å². The van der Waals surface area contributed by atoms with Crippen molar-refractivity contribution in [1.82, 2.24) is 35.0 Å². The van der Waals surface area contributed by atoms with Crippen LogP contribution in [0.25, 0.3) is 22.2 Å². The molecule has 2 aliphatic rings. The van der Waals surface area contributed by atoms with Crippen molar-refractivity contribution in [2.45, 2.75) is 57.5 Å². The minimum Gasteiger partial charge on any atom is -0.346 e. The van der Waals surface area contributed by atoms with Crippen LogP contribution in [0.4, 0.5) is 17.6 Å². The zero-order valence-electron chi connectivity index (χ0n) is 23.1. The molecular weight excluding hydrogens is 562 g/mol. The van der Waals surface area contributed by atoms with Crippen molar-refractivity contribution in [2.75, 3.05) is 0 Å². The van der Waals surface area contributed by atoms with Gasteiger partial charge in [-0.05, 0) is 60.9 Å². The van der Waals surface area contributed by atoms with Gasteiger partial charge in [-0.15, -0.1) is 0 Å². The number of pyridine rings is 1. The van der Waals surface area contributed by atoms with Crippen molar-refractivity contribution in [3.05, 3.63) is 95.1 Å². The van der Waals surface area contributed by atoms with E-state index in [1.54, 1.807) is 18.6 Å². The fraction of sp³-hybridized carbons (Fsp3) is 0.323. The van der Waals surface area contributed by atoms with Gasteiger partial charge in [-0.25, -0.2) is 32.5 Å². The van der Waals surface area contributed by atoms with E-state index in [0.29, 0.717) is 45.7 Å². The largest absolute Gasteiger partial charge is 0.346 e. The van der Waals surface area contributed by atoms with Crippen molar-refractivity contribution >= 4 is 16.9 Å². The highest BCUT2D eigenvalue weighted by atomic mass is 19.3. The number of aromatic nitrogens is 6. The molecule has 8 nitrogen and oxygen atoms in total. The van der Waals surface area contributed by atoms with E-state index < -0.39 is 30.0 Å². The van der Waals surface area contributed by atoms with Crippen molar-refractivity contribution in [1.29, 1.82) is 0 Å². The molecule has 0 aliphatic heterocycles. The predicted molar refractivity (Wildman–Crippen MR) is 149 cm³/mol. The molecule has 2 aliphatic carbocycles. The number of alkyl halides is 2. The molecule has 12 heteroatoms. The number of hydrogen-bond donors (Lipinski definition) is 2. The van der Waals surface area contributed by atoms with Crippen molar-refractivity contribution < 1.29 is 22.4 Å². The molecule has 3 unspecified atom stereocenters. The number of nitrogens with one attached hydrogen (secondary N) is 2. The maximum atomic E-state index is 14.2. The van der Waals surface area contributed by atoms with Gasteiger partial charge in [0, 0.05) is 58.3 Å². The van der Waals surface area contributed by atoms with Crippen LogP contribution in [0.2, 0.25) is 0 Å². The van der Waals surface area contributed by atoms with Gasteiger partial charge in [-0.1, -0.05) is 6.92 Å². The molecule has 0 spiro atoms. The molecule has 220 valence electrons. The molecule has 1 aromatic carbocycles. The van der Waals surface area contributed by atoms with Gasteiger partial charge in [0.1, 0.15) is 35.8 Å². The lowest BCUT2D eigenvalue weighted by molar-refractivity contribution is -0.122. The molecule has 4 heterocycles. The Balaban J connectivity index is 1.24. The van der Waals surface area contributed by atoms with Gasteiger partial charge < -0.3 is 10.3 Å². The lowest BCUT2D eigenvalue weighted by Gasteiger charge is -2.22. The van der Waals surface area contributed by atoms with Crippen LogP contribution in [0.5, 0.6) is 0 Å². The third-order valence-corrected chi connectivity index (χ3v) is 8.73. The summed E-state index contributed by atoms with van der Waals surface area (Å²) in [4.78, 5) is 29.7. The van der Waals surface area contributed by atoms with Gasteiger partial charge in [-0.3, -0.25) is 9.48 Å². The van der Waals surface area contributed by atoms with Crippen LogP contribution in [-0.4, -0.2) is 35.6 Å². The molecule has 7 rings (SSSR count). The Kier molecular flexibility index (Phi) is 6.51. The van der Waals surface area contributed by atoms with Crippen molar-refractivity contribution in [3.63, 3.8) is 0 Å². The first-order chi connectivity index (χ1) is 20.7. The molecule has 1 amide bonds. The Bertz CT molecular complexity index is 1850. The summed E-state index contributed by atoms with van der Waals surface area (Å²) in [7, 11) is 0. The highest BCUT2D eigenvalue weighted by Gasteiger charge is 2.56. The smallest absolute Gasteiger partial charge is 0.282 e. The normalized spacial score (nSPS) is 19.7. The molecule has 1 fully saturated rings. The average Bonchev–Trinajstić information content (AvgIpc) is 3.27. The Hall–Kier alpha value is -4.61.